The molecule has 11 heteroatoms. The number of nitrogens with one attached hydrogen (secondary N) is 1. The highest BCUT2D eigenvalue weighted by Crippen LogP contribution is 2.37. The molecular weight excluding hydrogens is 420 g/mol. The Labute approximate surface area is 171 Å². The molecule has 1 unspecified atom stereocenters. The van der Waals surface area contributed by atoms with Gasteiger partial charge in [-0.2, -0.15) is 0 Å². The number of hydrogen-bond acceptors (Lipinski definition) is 8. The second-order valence-corrected chi connectivity index (χ2v) is 10.8. The predicted molar refractivity (Wildman–Crippen MR) is 111 cm³/mol. The molecular formula is C17H20N4O4S3. The van der Waals surface area contributed by atoms with Gasteiger partial charge in [0, 0.05) is 24.2 Å². The molecule has 1 aliphatic rings. The van der Waals surface area contributed by atoms with E-state index in [9.17, 15) is 18.0 Å². The fraction of sp³-hybridized carbons (Fsp3) is 0.412. The standard InChI is InChI=1S/C17H20N4O4S3/c1-10(15(23)12-4-6-13(7-5-12)20-28(3,24)25)26-17-19-18-16(27-17)21(11(2)22)14-8-9-14/h4-7,10,14,20H,8-9H2,1-3H3. The minimum Gasteiger partial charge on any atom is -0.293 e. The number of aromatic nitrogens is 2. The first-order valence-corrected chi connectivity index (χ1v) is 12.1. The maximum absolute atomic E-state index is 12.6. The van der Waals surface area contributed by atoms with Gasteiger partial charge in [0.1, 0.15) is 0 Å². The number of nitrogens with zero attached hydrogens (tertiary/aromatic N) is 3. The Hall–Kier alpha value is -1.98. The van der Waals surface area contributed by atoms with E-state index in [-0.39, 0.29) is 17.7 Å². The molecule has 0 bridgehead atoms. The number of hydrogen-bond donors (Lipinski definition) is 1. The lowest BCUT2D eigenvalue weighted by atomic mass is 10.1. The van der Waals surface area contributed by atoms with Crippen molar-refractivity contribution < 1.29 is 18.0 Å². The van der Waals surface area contributed by atoms with Crippen LogP contribution in [0.25, 0.3) is 0 Å². The first-order valence-electron chi connectivity index (χ1n) is 8.56. The van der Waals surface area contributed by atoms with Crippen molar-refractivity contribution in [3.8, 4) is 0 Å². The number of sulfonamides is 1. The van der Waals surface area contributed by atoms with Crippen LogP contribution in [0.4, 0.5) is 10.8 Å². The minimum absolute atomic E-state index is 0.0536. The van der Waals surface area contributed by atoms with Crippen LogP contribution in [-0.2, 0) is 14.8 Å². The Morgan fingerprint density at radius 3 is 2.43 bits per heavy atom. The van der Waals surface area contributed by atoms with E-state index in [1.165, 1.54) is 30.0 Å². The quantitative estimate of drug-likeness (QED) is 0.382. The van der Waals surface area contributed by atoms with Crippen molar-refractivity contribution in [2.75, 3.05) is 15.9 Å². The van der Waals surface area contributed by atoms with E-state index in [0.29, 0.717) is 20.7 Å². The van der Waals surface area contributed by atoms with E-state index in [4.69, 9.17) is 0 Å². The molecule has 1 aliphatic carbocycles. The van der Waals surface area contributed by atoms with Gasteiger partial charge in [-0.05, 0) is 44.0 Å². The number of carbonyl (C=O) groups excluding carboxylic acids is 2. The Morgan fingerprint density at radius 2 is 1.89 bits per heavy atom. The van der Waals surface area contributed by atoms with Crippen LogP contribution in [-0.4, -0.2) is 47.9 Å². The zero-order valence-corrected chi connectivity index (χ0v) is 18.0. The van der Waals surface area contributed by atoms with E-state index in [1.54, 1.807) is 36.1 Å². The van der Waals surface area contributed by atoms with E-state index in [0.717, 1.165) is 19.1 Å². The van der Waals surface area contributed by atoms with Gasteiger partial charge in [-0.3, -0.25) is 19.2 Å². The van der Waals surface area contributed by atoms with Crippen LogP contribution < -0.4 is 9.62 Å². The molecule has 0 radical (unpaired) electrons. The first-order chi connectivity index (χ1) is 13.1. The Morgan fingerprint density at radius 1 is 1.25 bits per heavy atom. The SMILES string of the molecule is CC(=O)N(c1nnc(SC(C)C(=O)c2ccc(NS(C)(=O)=O)cc2)s1)C1CC1. The number of thioether (sulfide) groups is 1. The van der Waals surface area contributed by atoms with Gasteiger partial charge in [-0.25, -0.2) is 8.42 Å². The van der Waals surface area contributed by atoms with Crippen molar-refractivity contribution in [2.45, 2.75) is 42.3 Å². The van der Waals surface area contributed by atoms with Crippen molar-refractivity contribution in [1.29, 1.82) is 0 Å². The lowest BCUT2D eigenvalue weighted by Gasteiger charge is -2.15. The minimum atomic E-state index is -3.36. The molecule has 8 nitrogen and oxygen atoms in total. The molecule has 1 aromatic heterocycles. The topological polar surface area (TPSA) is 109 Å². The zero-order valence-electron chi connectivity index (χ0n) is 15.6. The highest BCUT2D eigenvalue weighted by Gasteiger charge is 2.34. The summed E-state index contributed by atoms with van der Waals surface area (Å²) in [6.07, 6.45) is 3.01. The second kappa shape index (κ2) is 8.18. The predicted octanol–water partition coefficient (Wildman–Crippen LogP) is 2.79. The summed E-state index contributed by atoms with van der Waals surface area (Å²) in [4.78, 5) is 26.1. The maximum Gasteiger partial charge on any atom is 0.229 e. The molecule has 0 saturated heterocycles. The van der Waals surface area contributed by atoms with Gasteiger partial charge < -0.3 is 0 Å². The number of ketones is 1. The maximum atomic E-state index is 12.6. The second-order valence-electron chi connectivity index (χ2n) is 6.55. The number of carbonyl (C=O) groups is 2. The molecule has 1 N–H and O–H groups in total. The summed E-state index contributed by atoms with van der Waals surface area (Å²) in [5.41, 5.74) is 0.879. The van der Waals surface area contributed by atoms with Crippen LogP contribution >= 0.6 is 23.1 Å². The van der Waals surface area contributed by atoms with Crippen LogP contribution in [0, 0.1) is 0 Å². The summed E-state index contributed by atoms with van der Waals surface area (Å²) < 4.78 is 25.5. The van der Waals surface area contributed by atoms with E-state index >= 15 is 0 Å². The lowest BCUT2D eigenvalue weighted by Crippen LogP contribution is -2.30. The molecule has 2 aromatic rings. The molecule has 28 heavy (non-hydrogen) atoms. The van der Waals surface area contributed by atoms with Crippen molar-refractivity contribution in [3.05, 3.63) is 29.8 Å². The van der Waals surface area contributed by atoms with Crippen LogP contribution in [0.3, 0.4) is 0 Å². The summed E-state index contributed by atoms with van der Waals surface area (Å²) >= 11 is 2.59. The molecule has 3 rings (SSSR count). The monoisotopic (exact) mass is 440 g/mol. The third-order valence-electron chi connectivity index (χ3n) is 3.97. The third-order valence-corrected chi connectivity index (χ3v) is 6.69. The smallest absolute Gasteiger partial charge is 0.229 e. The number of amides is 1. The Balaban J connectivity index is 1.65. The summed E-state index contributed by atoms with van der Waals surface area (Å²) in [5, 5.41) is 8.38. The van der Waals surface area contributed by atoms with Gasteiger partial charge in [0.25, 0.3) is 0 Å². The van der Waals surface area contributed by atoms with E-state index < -0.39 is 15.3 Å². The Bertz CT molecular complexity index is 984. The molecule has 0 aliphatic heterocycles. The molecule has 150 valence electrons. The molecule has 1 fully saturated rings. The van der Waals surface area contributed by atoms with E-state index in [1.807, 2.05) is 0 Å². The summed E-state index contributed by atoms with van der Waals surface area (Å²) in [7, 11) is -3.36. The highest BCUT2D eigenvalue weighted by molar-refractivity contribution is 8.02. The molecule has 0 spiro atoms. The molecule has 1 amide bonds. The van der Waals surface area contributed by atoms with Gasteiger partial charge in [0.05, 0.1) is 11.5 Å². The van der Waals surface area contributed by atoms with Crippen LogP contribution in [0.5, 0.6) is 0 Å². The average molecular weight is 441 g/mol. The van der Waals surface area contributed by atoms with Crippen molar-refractivity contribution in [1.82, 2.24) is 10.2 Å². The van der Waals surface area contributed by atoms with Gasteiger partial charge in [-0.1, -0.05) is 23.1 Å². The van der Waals surface area contributed by atoms with Crippen molar-refractivity contribution in [3.63, 3.8) is 0 Å². The molecule has 1 aromatic carbocycles. The van der Waals surface area contributed by atoms with Gasteiger partial charge in [0.15, 0.2) is 10.1 Å². The number of Topliss-reactive ketones (excluding diaryl/α,β-unsaturated/α-hetero) is 1. The fourth-order valence-electron chi connectivity index (χ4n) is 2.58. The van der Waals surface area contributed by atoms with Crippen LogP contribution in [0.2, 0.25) is 0 Å². The van der Waals surface area contributed by atoms with Gasteiger partial charge >= 0.3 is 0 Å². The van der Waals surface area contributed by atoms with Crippen LogP contribution in [0.15, 0.2) is 28.6 Å². The van der Waals surface area contributed by atoms with Crippen molar-refractivity contribution in [2.24, 2.45) is 0 Å². The zero-order chi connectivity index (χ0) is 20.5. The Kier molecular flexibility index (Phi) is 6.06. The van der Waals surface area contributed by atoms with E-state index in [2.05, 4.69) is 14.9 Å². The number of rotatable bonds is 8. The van der Waals surface area contributed by atoms with Crippen LogP contribution in [0.1, 0.15) is 37.0 Å². The summed E-state index contributed by atoms with van der Waals surface area (Å²) in [6.45, 7) is 3.29. The molecule has 1 saturated carbocycles. The van der Waals surface area contributed by atoms with Crippen molar-refractivity contribution >= 4 is 55.6 Å². The lowest BCUT2D eigenvalue weighted by molar-refractivity contribution is -0.116. The largest absolute Gasteiger partial charge is 0.293 e. The summed E-state index contributed by atoms with van der Waals surface area (Å²) in [5.74, 6) is -0.152. The fourth-order valence-corrected chi connectivity index (χ4v) is 5.33. The number of benzene rings is 1. The van der Waals surface area contributed by atoms with Gasteiger partial charge in [0.2, 0.25) is 21.1 Å². The number of anilines is 2. The molecule has 1 heterocycles. The highest BCUT2D eigenvalue weighted by atomic mass is 32.2. The molecule has 1 atom stereocenters. The average Bonchev–Trinajstić information content (AvgIpc) is 3.32. The summed E-state index contributed by atoms with van der Waals surface area (Å²) in [6, 6.07) is 6.48. The first kappa shape index (κ1) is 20.7. The third kappa shape index (κ3) is 5.30. The van der Waals surface area contributed by atoms with Gasteiger partial charge in [-0.15, -0.1) is 10.2 Å². The normalized spacial score (nSPS) is 15.1.